The molecule has 19 heavy (non-hydrogen) atoms. The topological polar surface area (TPSA) is 12.0 Å². The lowest BCUT2D eigenvalue weighted by Gasteiger charge is -2.18. The van der Waals surface area contributed by atoms with E-state index in [1.54, 1.807) is 17.4 Å². The second-order valence-corrected chi connectivity index (χ2v) is 5.87. The fourth-order valence-corrected chi connectivity index (χ4v) is 3.40. The van der Waals surface area contributed by atoms with Gasteiger partial charge in [0.15, 0.2) is 0 Å². The highest BCUT2D eigenvalue weighted by atomic mass is 35.5. The van der Waals surface area contributed by atoms with Crippen molar-refractivity contribution in [3.05, 3.63) is 56.5 Å². The maximum absolute atomic E-state index is 13.1. The molecule has 0 bridgehead atoms. The van der Waals surface area contributed by atoms with Gasteiger partial charge in [0.2, 0.25) is 0 Å². The van der Waals surface area contributed by atoms with Crippen LogP contribution in [0.1, 0.15) is 29.0 Å². The summed E-state index contributed by atoms with van der Waals surface area (Å²) >= 11 is 7.86. The van der Waals surface area contributed by atoms with E-state index in [1.165, 1.54) is 22.6 Å². The van der Waals surface area contributed by atoms with Gasteiger partial charge in [-0.1, -0.05) is 24.6 Å². The monoisotopic (exact) mass is 297 g/mol. The van der Waals surface area contributed by atoms with Crippen molar-refractivity contribution >= 4 is 22.9 Å². The molecule has 0 radical (unpaired) electrons. The van der Waals surface area contributed by atoms with E-state index < -0.39 is 0 Å². The summed E-state index contributed by atoms with van der Waals surface area (Å²) < 4.78 is 13.1. The van der Waals surface area contributed by atoms with E-state index in [9.17, 15) is 4.39 Å². The maximum Gasteiger partial charge on any atom is 0.124 e. The lowest BCUT2D eigenvalue weighted by atomic mass is 10.0. The first-order valence-electron chi connectivity index (χ1n) is 6.33. The number of hydrogen-bond acceptors (Lipinski definition) is 2. The lowest BCUT2D eigenvalue weighted by molar-refractivity contribution is 0.555. The normalized spacial score (nSPS) is 12.6. The van der Waals surface area contributed by atoms with Gasteiger partial charge < -0.3 is 5.32 Å². The van der Waals surface area contributed by atoms with Gasteiger partial charge in [-0.15, -0.1) is 11.3 Å². The van der Waals surface area contributed by atoms with Crippen molar-refractivity contribution in [2.24, 2.45) is 0 Å². The van der Waals surface area contributed by atoms with Crippen LogP contribution in [0.4, 0.5) is 4.39 Å². The number of aryl methyl sites for hydroxylation is 1. The molecular formula is C15H17ClFNS. The number of benzene rings is 1. The van der Waals surface area contributed by atoms with Crippen molar-refractivity contribution in [3.8, 4) is 0 Å². The van der Waals surface area contributed by atoms with Crippen molar-refractivity contribution in [2.45, 2.75) is 26.3 Å². The minimum atomic E-state index is -0.291. The smallest absolute Gasteiger partial charge is 0.124 e. The first kappa shape index (κ1) is 14.5. The molecule has 2 rings (SSSR count). The Morgan fingerprint density at radius 2 is 2.16 bits per heavy atom. The highest BCUT2D eigenvalue weighted by Crippen LogP contribution is 2.29. The van der Waals surface area contributed by atoms with Crippen LogP contribution in [0.2, 0.25) is 5.02 Å². The Bertz CT molecular complexity index is 553. The van der Waals surface area contributed by atoms with E-state index in [2.05, 4.69) is 30.6 Å². The number of hydrogen-bond donors (Lipinski definition) is 1. The summed E-state index contributed by atoms with van der Waals surface area (Å²) in [6, 6.07) is 6.96. The molecule has 0 spiro atoms. The molecule has 4 heteroatoms. The van der Waals surface area contributed by atoms with Crippen LogP contribution in [0.25, 0.3) is 0 Å². The van der Waals surface area contributed by atoms with Gasteiger partial charge in [-0.05, 0) is 54.6 Å². The van der Waals surface area contributed by atoms with Crippen LogP contribution in [0.5, 0.6) is 0 Å². The zero-order valence-electron chi connectivity index (χ0n) is 11.0. The van der Waals surface area contributed by atoms with Crippen LogP contribution in [-0.2, 0) is 6.42 Å². The van der Waals surface area contributed by atoms with Crippen LogP contribution >= 0.6 is 22.9 Å². The zero-order chi connectivity index (χ0) is 13.8. The molecule has 0 aliphatic heterocycles. The summed E-state index contributed by atoms with van der Waals surface area (Å²) in [5.74, 6) is -0.291. The molecule has 1 unspecified atom stereocenters. The minimum Gasteiger partial charge on any atom is -0.309 e. The third-order valence-electron chi connectivity index (χ3n) is 3.11. The van der Waals surface area contributed by atoms with Gasteiger partial charge in [0.05, 0.1) is 0 Å². The van der Waals surface area contributed by atoms with E-state index in [4.69, 9.17) is 11.6 Å². The largest absolute Gasteiger partial charge is 0.309 e. The van der Waals surface area contributed by atoms with E-state index in [-0.39, 0.29) is 11.9 Å². The fourth-order valence-electron chi connectivity index (χ4n) is 2.15. The third kappa shape index (κ3) is 3.56. The summed E-state index contributed by atoms with van der Waals surface area (Å²) in [6.45, 7) is 5.09. The highest BCUT2D eigenvalue weighted by molar-refractivity contribution is 7.10. The van der Waals surface area contributed by atoms with Gasteiger partial charge in [0.1, 0.15) is 5.82 Å². The summed E-state index contributed by atoms with van der Waals surface area (Å²) in [4.78, 5) is 1.32. The molecule has 1 atom stereocenters. The maximum atomic E-state index is 13.1. The Labute approximate surface area is 122 Å². The van der Waals surface area contributed by atoms with Gasteiger partial charge in [0, 0.05) is 15.9 Å². The molecule has 0 saturated carbocycles. The minimum absolute atomic E-state index is 0.230. The van der Waals surface area contributed by atoms with Crippen molar-refractivity contribution in [1.82, 2.24) is 5.32 Å². The summed E-state index contributed by atoms with van der Waals surface area (Å²) in [7, 11) is 0. The van der Waals surface area contributed by atoms with Crippen molar-refractivity contribution < 1.29 is 4.39 Å². The lowest BCUT2D eigenvalue weighted by Crippen LogP contribution is -2.22. The zero-order valence-corrected chi connectivity index (χ0v) is 12.6. The summed E-state index contributed by atoms with van der Waals surface area (Å²) in [6.07, 6.45) is 0.772. The molecule has 1 aromatic heterocycles. The number of halogens is 2. The fraction of sp³-hybridized carbons (Fsp3) is 0.333. The van der Waals surface area contributed by atoms with Gasteiger partial charge >= 0.3 is 0 Å². The number of rotatable bonds is 5. The molecule has 0 fully saturated rings. The molecule has 102 valence electrons. The Morgan fingerprint density at radius 3 is 2.74 bits per heavy atom. The number of nitrogens with one attached hydrogen (secondary N) is 1. The highest BCUT2D eigenvalue weighted by Gasteiger charge is 2.16. The molecule has 1 nitrogen and oxygen atoms in total. The first-order chi connectivity index (χ1) is 9.11. The number of thiophene rings is 1. The van der Waals surface area contributed by atoms with Crippen molar-refractivity contribution in [1.29, 1.82) is 0 Å². The average molecular weight is 298 g/mol. The Morgan fingerprint density at radius 1 is 1.37 bits per heavy atom. The predicted octanol–water partition coefficient (Wildman–Crippen LogP) is 4.74. The third-order valence-corrected chi connectivity index (χ3v) is 4.59. The Balaban J connectivity index is 2.24. The second kappa shape index (κ2) is 6.51. The molecule has 2 aromatic rings. The summed E-state index contributed by atoms with van der Waals surface area (Å²) in [5.41, 5.74) is 2.26. The van der Waals surface area contributed by atoms with Crippen LogP contribution in [0.15, 0.2) is 29.6 Å². The molecule has 0 saturated heterocycles. The average Bonchev–Trinajstić information content (AvgIpc) is 2.78. The first-order valence-corrected chi connectivity index (χ1v) is 7.59. The molecule has 0 aliphatic rings. The van der Waals surface area contributed by atoms with Gasteiger partial charge in [-0.3, -0.25) is 0 Å². The van der Waals surface area contributed by atoms with Gasteiger partial charge in [-0.25, -0.2) is 4.39 Å². The SMILES string of the molecule is CCNC(Cc1ccc(F)cc1Cl)c1sccc1C. The molecular weight excluding hydrogens is 281 g/mol. The standard InChI is InChI=1S/C15H17ClFNS/c1-3-18-14(15-10(2)6-7-19-15)8-11-4-5-12(17)9-13(11)16/h4-7,9,14,18H,3,8H2,1-2H3. The molecule has 1 aromatic carbocycles. The van der Waals surface area contributed by atoms with E-state index in [1.807, 2.05) is 0 Å². The van der Waals surface area contributed by atoms with E-state index >= 15 is 0 Å². The molecule has 0 amide bonds. The van der Waals surface area contributed by atoms with Crippen molar-refractivity contribution in [3.63, 3.8) is 0 Å². The molecule has 0 aliphatic carbocycles. The Hall–Kier alpha value is -0.900. The van der Waals surface area contributed by atoms with Gasteiger partial charge in [-0.2, -0.15) is 0 Å². The van der Waals surface area contributed by atoms with Crippen LogP contribution < -0.4 is 5.32 Å². The van der Waals surface area contributed by atoms with Crippen molar-refractivity contribution in [2.75, 3.05) is 6.54 Å². The quantitative estimate of drug-likeness (QED) is 0.840. The van der Waals surface area contributed by atoms with Crippen LogP contribution in [0.3, 0.4) is 0 Å². The molecule has 1 N–H and O–H groups in total. The summed E-state index contributed by atoms with van der Waals surface area (Å²) in [5, 5.41) is 6.07. The number of likely N-dealkylation sites (N-methyl/N-ethyl adjacent to an activating group) is 1. The van der Waals surface area contributed by atoms with E-state index in [0.717, 1.165) is 18.5 Å². The predicted molar refractivity (Wildman–Crippen MR) is 80.6 cm³/mol. The van der Waals surface area contributed by atoms with E-state index in [0.29, 0.717) is 5.02 Å². The second-order valence-electron chi connectivity index (χ2n) is 4.52. The molecule has 1 heterocycles. The Kier molecular flexibility index (Phi) is 4.97. The van der Waals surface area contributed by atoms with Gasteiger partial charge in [0.25, 0.3) is 0 Å². The van der Waals surface area contributed by atoms with Crippen LogP contribution in [0, 0.1) is 12.7 Å². The van der Waals surface area contributed by atoms with Crippen LogP contribution in [-0.4, -0.2) is 6.54 Å².